The molecule has 4 nitrogen and oxygen atoms in total. The van der Waals surface area contributed by atoms with Gasteiger partial charge in [0.2, 0.25) is 0 Å². The van der Waals surface area contributed by atoms with E-state index < -0.39 is 0 Å². The lowest BCUT2D eigenvalue weighted by Gasteiger charge is -2.00. The highest BCUT2D eigenvalue weighted by Gasteiger charge is 1.96. The Morgan fingerprint density at radius 2 is 0.700 bits per heavy atom. The van der Waals surface area contributed by atoms with Gasteiger partial charge in [0.1, 0.15) is 35.4 Å². The monoisotopic (exact) mass is 382 g/mol. The third-order valence-electron chi connectivity index (χ3n) is 4.52. The van der Waals surface area contributed by atoms with E-state index in [0.717, 1.165) is 0 Å². The molecule has 0 spiro atoms. The van der Waals surface area contributed by atoms with Gasteiger partial charge >= 0.3 is 0 Å². The summed E-state index contributed by atoms with van der Waals surface area (Å²) in [5.41, 5.74) is 0.00373. The smallest absolute Gasteiger partial charge is 0.136 e. The molecule has 0 fully saturated rings. The van der Waals surface area contributed by atoms with Gasteiger partial charge < -0.3 is 0 Å². The highest BCUT2D eigenvalue weighted by Crippen LogP contribution is 2.22. The van der Waals surface area contributed by atoms with Gasteiger partial charge in [-0.1, -0.05) is 72.8 Å². The number of nitriles is 4. The van der Waals surface area contributed by atoms with Crippen molar-refractivity contribution in [3.05, 3.63) is 95.4 Å². The summed E-state index contributed by atoms with van der Waals surface area (Å²) < 4.78 is 0. The molecule has 0 radical (unpaired) electrons. The van der Waals surface area contributed by atoms with Crippen molar-refractivity contribution in [3.63, 3.8) is 0 Å². The quantitative estimate of drug-likeness (QED) is 0.428. The molecule has 0 unspecified atom stereocenters. The molecule has 4 aromatic carbocycles. The Bertz CT molecular complexity index is 1310. The molecule has 30 heavy (non-hydrogen) atoms. The average molecular weight is 382 g/mol. The molecule has 0 heterocycles. The van der Waals surface area contributed by atoms with Crippen LogP contribution >= 0.6 is 0 Å². The second-order valence-electron chi connectivity index (χ2n) is 6.32. The van der Waals surface area contributed by atoms with Gasteiger partial charge in [-0.15, -0.1) is 0 Å². The summed E-state index contributed by atoms with van der Waals surface area (Å²) in [6.07, 6.45) is 0. The minimum absolute atomic E-state index is 0.00187. The summed E-state index contributed by atoms with van der Waals surface area (Å²) >= 11 is 0. The topological polar surface area (TPSA) is 95.2 Å². The van der Waals surface area contributed by atoms with Gasteiger partial charge in [0.15, 0.2) is 0 Å². The van der Waals surface area contributed by atoms with E-state index >= 15 is 0 Å². The molecule has 0 amide bonds. The Morgan fingerprint density at radius 3 is 0.933 bits per heavy atom. The predicted molar refractivity (Wildman–Crippen MR) is 116 cm³/mol. The lowest BCUT2D eigenvalue weighted by molar-refractivity contribution is 1.46. The number of nitrogens with zero attached hydrogens (tertiary/aromatic N) is 4. The van der Waals surface area contributed by atoms with Crippen LogP contribution < -0.4 is 10.4 Å². The van der Waals surface area contributed by atoms with Crippen molar-refractivity contribution in [2.75, 3.05) is 0 Å². The molecule has 0 aromatic heterocycles. The van der Waals surface area contributed by atoms with Crippen LogP contribution in [0.15, 0.2) is 84.9 Å². The van der Waals surface area contributed by atoms with Crippen molar-refractivity contribution >= 4 is 32.7 Å². The van der Waals surface area contributed by atoms with E-state index in [-0.39, 0.29) is 11.1 Å². The summed E-state index contributed by atoms with van der Waals surface area (Å²) in [6, 6.07) is 34.6. The van der Waals surface area contributed by atoms with Crippen LogP contribution in [0.1, 0.15) is 0 Å². The van der Waals surface area contributed by atoms with Crippen molar-refractivity contribution < 1.29 is 0 Å². The molecule has 0 aliphatic rings. The highest BCUT2D eigenvalue weighted by molar-refractivity contribution is 5.98. The maximum Gasteiger partial charge on any atom is 0.136 e. The van der Waals surface area contributed by atoms with E-state index in [0.29, 0.717) is 10.4 Å². The van der Waals surface area contributed by atoms with Crippen molar-refractivity contribution in [3.8, 4) is 24.3 Å². The fourth-order valence-corrected chi connectivity index (χ4v) is 2.99. The van der Waals surface area contributed by atoms with E-state index in [9.17, 15) is 0 Å². The first-order valence-corrected chi connectivity index (χ1v) is 9.03. The molecule has 4 rings (SSSR count). The van der Waals surface area contributed by atoms with Crippen LogP contribution in [0.25, 0.3) is 32.7 Å². The van der Waals surface area contributed by atoms with Crippen LogP contribution in [0.3, 0.4) is 0 Å². The van der Waals surface area contributed by atoms with Crippen molar-refractivity contribution in [1.29, 1.82) is 21.0 Å². The summed E-state index contributed by atoms with van der Waals surface area (Å²) in [7, 11) is 0. The van der Waals surface area contributed by atoms with Gasteiger partial charge in [0.05, 0.1) is 0 Å². The summed E-state index contributed by atoms with van der Waals surface area (Å²) in [5, 5.41) is 40.7. The van der Waals surface area contributed by atoms with Crippen LogP contribution in [0.5, 0.6) is 0 Å². The minimum atomic E-state index is 0.00187. The third-order valence-corrected chi connectivity index (χ3v) is 4.52. The van der Waals surface area contributed by atoms with Crippen molar-refractivity contribution in [2.24, 2.45) is 0 Å². The SMILES string of the molecule is N#CC(C#N)=c1ccc(=C(C#N)C#N)cc1.c1ccc2cc3ccccc3cc2c1. The maximum atomic E-state index is 8.63. The average Bonchev–Trinajstić information content (AvgIpc) is 2.80. The van der Waals surface area contributed by atoms with Gasteiger partial charge in [0.25, 0.3) is 0 Å². The van der Waals surface area contributed by atoms with Gasteiger partial charge in [0, 0.05) is 10.4 Å². The second kappa shape index (κ2) is 9.34. The zero-order valence-corrected chi connectivity index (χ0v) is 15.9. The minimum Gasteiger partial charge on any atom is -0.192 e. The molecule has 4 heteroatoms. The normalized spacial score (nSPS) is 9.20. The Hall–Kier alpha value is -4.90. The molecule has 0 bridgehead atoms. The third kappa shape index (κ3) is 4.32. The Kier molecular flexibility index (Phi) is 6.18. The Labute approximate surface area is 173 Å². The number of fused-ring (bicyclic) bond motifs is 2. The van der Waals surface area contributed by atoms with Gasteiger partial charge in [-0.3, -0.25) is 0 Å². The van der Waals surface area contributed by atoms with Crippen molar-refractivity contribution in [1.82, 2.24) is 0 Å². The summed E-state index contributed by atoms with van der Waals surface area (Å²) in [5.74, 6) is 0. The number of benzene rings is 4. The molecule has 0 saturated carbocycles. The number of hydrogen-bond donors (Lipinski definition) is 0. The standard InChI is InChI=1S/C14H10.C12H4N4/c1-2-6-12-10-14-8-4-3-7-13(14)9-11(12)5-1;13-5-11(6-14)9-1-2-10(4-3-9)12(7-15)8-16/h1-10H;1-4H. The molecule has 138 valence electrons. The second-order valence-corrected chi connectivity index (χ2v) is 6.32. The van der Waals surface area contributed by atoms with E-state index in [1.165, 1.54) is 45.8 Å². The molecule has 0 N–H and O–H groups in total. The Morgan fingerprint density at radius 1 is 0.433 bits per heavy atom. The fourth-order valence-electron chi connectivity index (χ4n) is 2.99. The molecule has 0 aliphatic carbocycles. The molecule has 0 aliphatic heterocycles. The van der Waals surface area contributed by atoms with Crippen LogP contribution in [-0.4, -0.2) is 0 Å². The molecule has 4 aromatic rings. The Balaban J connectivity index is 0.000000171. The lowest BCUT2D eigenvalue weighted by atomic mass is 10.0. The van der Waals surface area contributed by atoms with Crippen LogP contribution in [0.2, 0.25) is 0 Å². The number of hydrogen-bond acceptors (Lipinski definition) is 4. The van der Waals surface area contributed by atoms with Crippen LogP contribution in [0.4, 0.5) is 0 Å². The molecule has 0 saturated heterocycles. The first kappa shape index (κ1) is 19.9. The maximum absolute atomic E-state index is 8.63. The van der Waals surface area contributed by atoms with Gasteiger partial charge in [-0.2, -0.15) is 21.0 Å². The predicted octanol–water partition coefficient (Wildman–Crippen LogP) is 4.08. The molecular formula is C26H14N4. The van der Waals surface area contributed by atoms with E-state index in [1.54, 1.807) is 24.3 Å². The first-order chi connectivity index (χ1) is 14.7. The number of rotatable bonds is 0. The summed E-state index contributed by atoms with van der Waals surface area (Å²) in [6.45, 7) is 0. The highest BCUT2D eigenvalue weighted by atomic mass is 14.3. The van der Waals surface area contributed by atoms with Gasteiger partial charge in [-0.05, 0) is 33.7 Å². The fraction of sp³-hybridized carbons (Fsp3) is 0. The zero-order chi connectivity index (χ0) is 21.3. The van der Waals surface area contributed by atoms with Crippen LogP contribution in [-0.2, 0) is 0 Å². The zero-order valence-electron chi connectivity index (χ0n) is 15.9. The van der Waals surface area contributed by atoms with Crippen molar-refractivity contribution in [2.45, 2.75) is 0 Å². The molecule has 0 atom stereocenters. The van der Waals surface area contributed by atoms with E-state index in [4.69, 9.17) is 21.0 Å². The first-order valence-electron chi connectivity index (χ1n) is 9.03. The molecular weight excluding hydrogens is 368 g/mol. The van der Waals surface area contributed by atoms with E-state index in [1.807, 2.05) is 0 Å². The largest absolute Gasteiger partial charge is 0.192 e. The summed E-state index contributed by atoms with van der Waals surface area (Å²) in [4.78, 5) is 0. The lowest BCUT2D eigenvalue weighted by Crippen LogP contribution is -2.11. The van der Waals surface area contributed by atoms with E-state index in [2.05, 4.69) is 60.7 Å². The van der Waals surface area contributed by atoms with Crippen LogP contribution in [0, 0.1) is 45.3 Å². The van der Waals surface area contributed by atoms with Gasteiger partial charge in [-0.25, -0.2) is 0 Å².